The number of hydrogen-bond donors (Lipinski definition) is 2. The SMILES string of the molecule is O=C1NC(=O)C(=Cc2cn(CCOc3ccc(Cl)cc3)c3ccccc23)C(=O)N1. The van der Waals surface area contributed by atoms with Crippen molar-refractivity contribution in [3.63, 3.8) is 0 Å². The first-order valence-corrected chi connectivity index (χ1v) is 9.23. The summed E-state index contributed by atoms with van der Waals surface area (Å²) in [5.41, 5.74) is 1.51. The Bertz CT molecular complexity index is 1130. The van der Waals surface area contributed by atoms with Crippen LogP contribution >= 0.6 is 11.6 Å². The average molecular weight is 410 g/mol. The van der Waals surface area contributed by atoms with Gasteiger partial charge in [0.2, 0.25) is 0 Å². The summed E-state index contributed by atoms with van der Waals surface area (Å²) >= 11 is 5.88. The number of ether oxygens (including phenoxy) is 1. The van der Waals surface area contributed by atoms with Crippen molar-refractivity contribution in [3.8, 4) is 5.75 Å². The van der Waals surface area contributed by atoms with Crippen LogP contribution in [0.5, 0.6) is 5.75 Å². The van der Waals surface area contributed by atoms with E-state index >= 15 is 0 Å². The van der Waals surface area contributed by atoms with Crippen molar-refractivity contribution in [2.24, 2.45) is 0 Å². The van der Waals surface area contributed by atoms with E-state index in [1.807, 2.05) is 35.0 Å². The van der Waals surface area contributed by atoms with Crippen molar-refractivity contribution in [2.45, 2.75) is 6.54 Å². The summed E-state index contributed by atoms with van der Waals surface area (Å²) in [5, 5.41) is 5.68. The highest BCUT2D eigenvalue weighted by molar-refractivity contribution is 6.31. The zero-order valence-electron chi connectivity index (χ0n) is 15.1. The summed E-state index contributed by atoms with van der Waals surface area (Å²) < 4.78 is 7.75. The van der Waals surface area contributed by atoms with Crippen LogP contribution in [-0.4, -0.2) is 29.0 Å². The third-order valence-electron chi connectivity index (χ3n) is 4.48. The summed E-state index contributed by atoms with van der Waals surface area (Å²) in [6, 6.07) is 13.9. The van der Waals surface area contributed by atoms with E-state index in [0.29, 0.717) is 29.5 Å². The molecule has 2 N–H and O–H groups in total. The Morgan fingerprint density at radius 3 is 2.38 bits per heavy atom. The van der Waals surface area contributed by atoms with E-state index < -0.39 is 17.8 Å². The van der Waals surface area contributed by atoms with Gasteiger partial charge < -0.3 is 9.30 Å². The number of para-hydroxylation sites is 1. The number of carbonyl (C=O) groups is 3. The topological polar surface area (TPSA) is 89.4 Å². The number of hydrogen-bond acceptors (Lipinski definition) is 4. The van der Waals surface area contributed by atoms with Gasteiger partial charge in [-0.25, -0.2) is 4.79 Å². The number of barbiturate groups is 1. The second-order valence-electron chi connectivity index (χ2n) is 6.39. The van der Waals surface area contributed by atoms with Crippen LogP contribution in [0.4, 0.5) is 4.79 Å². The number of nitrogens with zero attached hydrogens (tertiary/aromatic N) is 1. The number of amides is 4. The van der Waals surface area contributed by atoms with Crippen LogP contribution in [0.25, 0.3) is 17.0 Å². The molecule has 4 amide bonds. The number of carbonyl (C=O) groups excluding carboxylic acids is 3. The number of halogens is 1. The van der Waals surface area contributed by atoms with Crippen LogP contribution in [0, 0.1) is 0 Å². The Balaban J connectivity index is 1.59. The first-order valence-electron chi connectivity index (χ1n) is 8.86. The molecule has 0 bridgehead atoms. The molecule has 1 fully saturated rings. The highest BCUT2D eigenvalue weighted by atomic mass is 35.5. The fourth-order valence-corrected chi connectivity index (χ4v) is 3.26. The minimum atomic E-state index is -0.820. The molecular formula is C21H16ClN3O4. The molecule has 8 heteroatoms. The molecule has 29 heavy (non-hydrogen) atoms. The number of imide groups is 2. The van der Waals surface area contributed by atoms with Gasteiger partial charge >= 0.3 is 6.03 Å². The summed E-state index contributed by atoms with van der Waals surface area (Å²) in [6.45, 7) is 0.981. The Kier molecular flexibility index (Phi) is 5.05. The van der Waals surface area contributed by atoms with Gasteiger partial charge in [-0.05, 0) is 36.4 Å². The molecule has 1 aliphatic rings. The van der Waals surface area contributed by atoms with Crippen LogP contribution in [0.3, 0.4) is 0 Å². The van der Waals surface area contributed by atoms with Gasteiger partial charge in [0.15, 0.2) is 0 Å². The lowest BCUT2D eigenvalue weighted by Crippen LogP contribution is -2.51. The monoisotopic (exact) mass is 409 g/mol. The Labute approximate surface area is 170 Å². The summed E-state index contributed by atoms with van der Waals surface area (Å²) in [4.78, 5) is 35.3. The molecule has 1 aliphatic heterocycles. The standard InChI is InChI=1S/C21H16ClN3O4/c22-14-5-7-15(8-6-14)29-10-9-25-12-13(16-3-1-2-4-18(16)25)11-17-19(26)23-21(28)24-20(17)27/h1-8,11-12H,9-10H2,(H2,23,24,26,27,28). The van der Waals surface area contributed by atoms with E-state index in [0.717, 1.165) is 10.9 Å². The van der Waals surface area contributed by atoms with Gasteiger partial charge in [-0.15, -0.1) is 0 Å². The van der Waals surface area contributed by atoms with Crippen molar-refractivity contribution >= 4 is 46.4 Å². The third-order valence-corrected chi connectivity index (χ3v) is 4.73. The van der Waals surface area contributed by atoms with Crippen LogP contribution in [0.15, 0.2) is 60.3 Å². The van der Waals surface area contributed by atoms with Gasteiger partial charge in [-0.3, -0.25) is 20.2 Å². The van der Waals surface area contributed by atoms with E-state index in [1.54, 1.807) is 24.3 Å². The molecule has 0 spiro atoms. The van der Waals surface area contributed by atoms with Gasteiger partial charge in [0, 0.05) is 27.7 Å². The number of nitrogens with one attached hydrogen (secondary N) is 2. The maximum Gasteiger partial charge on any atom is 0.328 e. The van der Waals surface area contributed by atoms with Gasteiger partial charge in [0.1, 0.15) is 17.9 Å². The molecule has 2 aromatic carbocycles. The van der Waals surface area contributed by atoms with E-state index in [1.165, 1.54) is 6.08 Å². The first kappa shape index (κ1) is 18.8. The van der Waals surface area contributed by atoms with Crippen LogP contribution in [0.1, 0.15) is 5.56 Å². The minimum Gasteiger partial charge on any atom is -0.492 e. The van der Waals surface area contributed by atoms with Crippen LogP contribution in [-0.2, 0) is 16.1 Å². The van der Waals surface area contributed by atoms with E-state index in [2.05, 4.69) is 10.6 Å². The van der Waals surface area contributed by atoms with Crippen molar-refractivity contribution in [1.29, 1.82) is 0 Å². The third kappa shape index (κ3) is 4.00. The Morgan fingerprint density at radius 2 is 1.66 bits per heavy atom. The lowest BCUT2D eigenvalue weighted by molar-refractivity contribution is -0.123. The quantitative estimate of drug-likeness (QED) is 0.500. The van der Waals surface area contributed by atoms with Crippen molar-refractivity contribution < 1.29 is 19.1 Å². The molecule has 0 radical (unpaired) electrons. The predicted molar refractivity (Wildman–Crippen MR) is 109 cm³/mol. The van der Waals surface area contributed by atoms with E-state index in [4.69, 9.17) is 16.3 Å². The molecule has 1 saturated heterocycles. The summed E-state index contributed by atoms with van der Waals surface area (Å²) in [7, 11) is 0. The molecule has 1 aromatic heterocycles. The molecule has 0 saturated carbocycles. The second kappa shape index (κ2) is 7.81. The van der Waals surface area contributed by atoms with Gasteiger partial charge in [-0.1, -0.05) is 29.8 Å². The maximum atomic E-state index is 12.0. The van der Waals surface area contributed by atoms with E-state index in [9.17, 15) is 14.4 Å². The summed E-state index contributed by atoms with van der Waals surface area (Å²) in [5.74, 6) is -0.725. The first-order chi connectivity index (χ1) is 14.0. The van der Waals surface area contributed by atoms with Gasteiger partial charge in [-0.2, -0.15) is 0 Å². The van der Waals surface area contributed by atoms with Crippen molar-refractivity contribution in [1.82, 2.24) is 15.2 Å². The molecule has 2 heterocycles. The van der Waals surface area contributed by atoms with Gasteiger partial charge in [0.05, 0.1) is 6.54 Å². The fourth-order valence-electron chi connectivity index (χ4n) is 3.13. The lowest BCUT2D eigenvalue weighted by atomic mass is 10.1. The number of fused-ring (bicyclic) bond motifs is 1. The smallest absolute Gasteiger partial charge is 0.328 e. The molecule has 0 aliphatic carbocycles. The largest absolute Gasteiger partial charge is 0.492 e. The highest BCUT2D eigenvalue weighted by Gasteiger charge is 2.28. The molecule has 0 atom stereocenters. The Morgan fingerprint density at radius 1 is 0.966 bits per heavy atom. The molecule has 146 valence electrons. The van der Waals surface area contributed by atoms with Crippen LogP contribution in [0.2, 0.25) is 5.02 Å². The molecule has 4 rings (SSSR count). The number of rotatable bonds is 5. The molecule has 7 nitrogen and oxygen atoms in total. The lowest BCUT2D eigenvalue weighted by Gasteiger charge is -2.13. The maximum absolute atomic E-state index is 12.0. The fraction of sp³-hybridized carbons (Fsp3) is 0.0952. The number of urea groups is 1. The minimum absolute atomic E-state index is 0.120. The average Bonchev–Trinajstić information content (AvgIpc) is 3.04. The van der Waals surface area contributed by atoms with E-state index in [-0.39, 0.29) is 5.57 Å². The molecule has 3 aromatic rings. The second-order valence-corrected chi connectivity index (χ2v) is 6.83. The summed E-state index contributed by atoms with van der Waals surface area (Å²) in [6.07, 6.45) is 3.33. The van der Waals surface area contributed by atoms with Crippen molar-refractivity contribution in [2.75, 3.05) is 6.61 Å². The zero-order chi connectivity index (χ0) is 20.4. The molecular weight excluding hydrogens is 394 g/mol. The zero-order valence-corrected chi connectivity index (χ0v) is 15.9. The van der Waals surface area contributed by atoms with Crippen LogP contribution < -0.4 is 15.4 Å². The Hall–Kier alpha value is -3.58. The van der Waals surface area contributed by atoms with Crippen molar-refractivity contribution in [3.05, 3.63) is 70.9 Å². The van der Waals surface area contributed by atoms with Gasteiger partial charge in [0.25, 0.3) is 11.8 Å². The number of aromatic nitrogens is 1. The normalized spacial score (nSPS) is 14.0. The highest BCUT2D eigenvalue weighted by Crippen LogP contribution is 2.24. The predicted octanol–water partition coefficient (Wildman–Crippen LogP) is 3.12. The number of benzene rings is 2. The molecule has 0 unspecified atom stereocenters.